The van der Waals surface area contributed by atoms with Crippen LogP contribution in [0.15, 0.2) is 17.0 Å². The second-order valence-corrected chi connectivity index (χ2v) is 12.2. The molecular formula is C24H40N4O4S. The molecule has 9 heteroatoms. The van der Waals surface area contributed by atoms with Crippen LogP contribution in [0.5, 0.6) is 0 Å². The van der Waals surface area contributed by atoms with Gasteiger partial charge in [0.05, 0.1) is 10.6 Å². The molecule has 1 aromatic rings. The van der Waals surface area contributed by atoms with E-state index in [1.165, 1.54) is 12.8 Å². The summed E-state index contributed by atoms with van der Waals surface area (Å²) in [6.07, 6.45) is 2.20. The highest BCUT2D eigenvalue weighted by Crippen LogP contribution is 2.32. The van der Waals surface area contributed by atoms with Crippen molar-refractivity contribution in [1.29, 1.82) is 0 Å². The number of benzene rings is 1. The first kappa shape index (κ1) is 25.6. The van der Waals surface area contributed by atoms with Crippen LogP contribution in [-0.4, -0.2) is 88.0 Å². The Hall–Kier alpha value is -2.00. The summed E-state index contributed by atoms with van der Waals surface area (Å²) in [6.45, 7) is 15.6. The average Bonchev–Trinajstić information content (AvgIpc) is 3.27. The third-order valence-corrected chi connectivity index (χ3v) is 8.02. The van der Waals surface area contributed by atoms with Gasteiger partial charge in [-0.3, -0.25) is 0 Å². The summed E-state index contributed by atoms with van der Waals surface area (Å²) in [4.78, 5) is 19.1. The number of hydrogen-bond donors (Lipinski definition) is 1. The van der Waals surface area contributed by atoms with Gasteiger partial charge in [-0.05, 0) is 71.3 Å². The van der Waals surface area contributed by atoms with Crippen LogP contribution < -0.4 is 10.2 Å². The van der Waals surface area contributed by atoms with Crippen molar-refractivity contribution in [2.45, 2.75) is 58.0 Å². The molecule has 0 unspecified atom stereocenters. The highest BCUT2D eigenvalue weighted by Gasteiger charge is 2.27. The summed E-state index contributed by atoms with van der Waals surface area (Å²) >= 11 is 0. The zero-order chi connectivity index (χ0) is 24.2. The second kappa shape index (κ2) is 10.5. The molecule has 186 valence electrons. The van der Waals surface area contributed by atoms with Gasteiger partial charge in [-0.25, -0.2) is 13.2 Å². The third kappa shape index (κ3) is 6.76. The SMILES string of the molecule is CCS(=O)(=O)c1cc(NCCN2CCCC2)c(C)c(N2CCN(C(=O)OC(C)(C)C)CC2)c1. The minimum atomic E-state index is -3.35. The summed E-state index contributed by atoms with van der Waals surface area (Å²) in [7, 11) is -3.35. The van der Waals surface area contributed by atoms with Gasteiger partial charge in [0, 0.05) is 50.6 Å². The maximum Gasteiger partial charge on any atom is 0.410 e. The first-order chi connectivity index (χ1) is 15.5. The van der Waals surface area contributed by atoms with Gasteiger partial charge in [-0.2, -0.15) is 0 Å². The maximum absolute atomic E-state index is 12.7. The number of ether oxygens (including phenoxy) is 1. The van der Waals surface area contributed by atoms with Gasteiger partial charge in [0.2, 0.25) is 0 Å². The summed E-state index contributed by atoms with van der Waals surface area (Å²) in [6, 6.07) is 3.57. The van der Waals surface area contributed by atoms with E-state index in [-0.39, 0.29) is 11.8 Å². The molecular weight excluding hydrogens is 440 g/mol. The summed E-state index contributed by atoms with van der Waals surface area (Å²) in [5, 5.41) is 3.49. The lowest BCUT2D eigenvalue weighted by molar-refractivity contribution is 0.0240. The number of carbonyl (C=O) groups is 1. The van der Waals surface area contributed by atoms with Gasteiger partial charge in [-0.15, -0.1) is 0 Å². The molecule has 2 heterocycles. The molecule has 8 nitrogen and oxygen atoms in total. The lowest BCUT2D eigenvalue weighted by Gasteiger charge is -2.37. The lowest BCUT2D eigenvalue weighted by atomic mass is 10.1. The van der Waals surface area contributed by atoms with E-state index in [2.05, 4.69) is 15.1 Å². The molecule has 2 aliphatic rings. The Kier molecular flexibility index (Phi) is 8.16. The quantitative estimate of drug-likeness (QED) is 0.641. The molecule has 2 fully saturated rings. The Bertz CT molecular complexity index is 929. The van der Waals surface area contributed by atoms with Crippen molar-refractivity contribution in [2.75, 3.05) is 68.3 Å². The highest BCUT2D eigenvalue weighted by molar-refractivity contribution is 7.91. The Labute approximate surface area is 199 Å². The smallest absolute Gasteiger partial charge is 0.410 e. The molecule has 33 heavy (non-hydrogen) atoms. The fourth-order valence-electron chi connectivity index (χ4n) is 4.34. The fourth-order valence-corrected chi connectivity index (χ4v) is 5.26. The van der Waals surface area contributed by atoms with Gasteiger partial charge in [0.1, 0.15) is 5.60 Å². The van der Waals surface area contributed by atoms with E-state index in [1.807, 2.05) is 27.7 Å². The largest absolute Gasteiger partial charge is 0.444 e. The number of piperazine rings is 1. The van der Waals surface area contributed by atoms with Gasteiger partial charge in [0.15, 0.2) is 9.84 Å². The molecule has 0 saturated carbocycles. The van der Waals surface area contributed by atoms with E-state index < -0.39 is 15.4 Å². The highest BCUT2D eigenvalue weighted by atomic mass is 32.2. The number of rotatable bonds is 7. The van der Waals surface area contributed by atoms with Gasteiger partial charge >= 0.3 is 6.09 Å². The van der Waals surface area contributed by atoms with Crippen molar-refractivity contribution in [3.8, 4) is 0 Å². The molecule has 0 aliphatic carbocycles. The topological polar surface area (TPSA) is 82.2 Å². The van der Waals surface area contributed by atoms with Crippen LogP contribution in [0, 0.1) is 6.92 Å². The van der Waals surface area contributed by atoms with E-state index in [0.717, 1.165) is 43.1 Å². The minimum absolute atomic E-state index is 0.0646. The molecule has 2 aliphatic heterocycles. The molecule has 0 atom stereocenters. The van der Waals surface area contributed by atoms with E-state index in [4.69, 9.17) is 4.74 Å². The van der Waals surface area contributed by atoms with Crippen LogP contribution in [0.25, 0.3) is 0 Å². The third-order valence-electron chi connectivity index (χ3n) is 6.31. The van der Waals surface area contributed by atoms with Crippen molar-refractivity contribution < 1.29 is 17.9 Å². The Balaban J connectivity index is 1.76. The predicted octanol–water partition coefficient (Wildman–Crippen LogP) is 3.35. The first-order valence-corrected chi connectivity index (χ1v) is 13.7. The van der Waals surface area contributed by atoms with Crippen molar-refractivity contribution >= 4 is 27.3 Å². The van der Waals surface area contributed by atoms with Crippen LogP contribution in [0.1, 0.15) is 46.1 Å². The Morgan fingerprint density at radius 2 is 1.70 bits per heavy atom. The molecule has 3 rings (SSSR count). The van der Waals surface area contributed by atoms with Crippen molar-refractivity contribution in [2.24, 2.45) is 0 Å². The van der Waals surface area contributed by atoms with Crippen LogP contribution >= 0.6 is 0 Å². The molecule has 0 bridgehead atoms. The molecule has 2 saturated heterocycles. The second-order valence-electron chi connectivity index (χ2n) is 9.95. The summed E-state index contributed by atoms with van der Waals surface area (Å²) in [5.41, 5.74) is 2.30. The zero-order valence-corrected chi connectivity index (χ0v) is 21.6. The van der Waals surface area contributed by atoms with Crippen LogP contribution in [0.4, 0.5) is 16.2 Å². The van der Waals surface area contributed by atoms with Crippen LogP contribution in [0.3, 0.4) is 0 Å². The summed E-state index contributed by atoms with van der Waals surface area (Å²) < 4.78 is 31.0. The number of anilines is 2. The van der Waals surface area contributed by atoms with E-state index in [9.17, 15) is 13.2 Å². The first-order valence-electron chi connectivity index (χ1n) is 12.1. The number of carbonyl (C=O) groups excluding carboxylic acids is 1. The number of nitrogens with one attached hydrogen (secondary N) is 1. The number of likely N-dealkylation sites (tertiary alicyclic amines) is 1. The monoisotopic (exact) mass is 480 g/mol. The van der Waals surface area contributed by atoms with E-state index in [1.54, 1.807) is 24.0 Å². The van der Waals surface area contributed by atoms with E-state index >= 15 is 0 Å². The number of nitrogens with zero attached hydrogens (tertiary/aromatic N) is 3. The molecule has 0 aromatic heterocycles. The molecule has 0 spiro atoms. The van der Waals surface area contributed by atoms with Gasteiger partial charge in [0.25, 0.3) is 0 Å². The van der Waals surface area contributed by atoms with Gasteiger partial charge in [-0.1, -0.05) is 6.92 Å². The standard InChI is InChI=1S/C24H40N4O4S/c1-6-33(30,31)20-17-21(25-9-12-26-10-7-8-11-26)19(2)22(18-20)27-13-15-28(16-14-27)23(29)32-24(3,4)5/h17-18,25H,6-16H2,1-5H3. The maximum atomic E-state index is 12.7. The van der Waals surface area contributed by atoms with Crippen LogP contribution in [0.2, 0.25) is 0 Å². The average molecular weight is 481 g/mol. The Morgan fingerprint density at radius 3 is 2.27 bits per heavy atom. The zero-order valence-electron chi connectivity index (χ0n) is 20.8. The normalized spacial score (nSPS) is 18.0. The van der Waals surface area contributed by atoms with E-state index in [0.29, 0.717) is 31.1 Å². The number of sulfone groups is 1. The van der Waals surface area contributed by atoms with Crippen molar-refractivity contribution in [3.05, 3.63) is 17.7 Å². The fraction of sp³-hybridized carbons (Fsp3) is 0.708. The molecule has 0 radical (unpaired) electrons. The summed E-state index contributed by atoms with van der Waals surface area (Å²) in [5.74, 6) is 0.0646. The molecule has 1 N–H and O–H groups in total. The number of hydrogen-bond acceptors (Lipinski definition) is 7. The van der Waals surface area contributed by atoms with Crippen molar-refractivity contribution in [3.63, 3.8) is 0 Å². The minimum Gasteiger partial charge on any atom is -0.444 e. The predicted molar refractivity (Wildman–Crippen MR) is 133 cm³/mol. The molecule has 1 aromatic carbocycles. The van der Waals surface area contributed by atoms with Gasteiger partial charge < -0.3 is 24.8 Å². The molecule has 1 amide bonds. The van der Waals surface area contributed by atoms with Crippen LogP contribution in [-0.2, 0) is 14.6 Å². The lowest BCUT2D eigenvalue weighted by Crippen LogP contribution is -2.50. The van der Waals surface area contributed by atoms with Crippen molar-refractivity contribution in [1.82, 2.24) is 9.80 Å². The number of amides is 1. The Morgan fingerprint density at radius 1 is 1.06 bits per heavy atom.